The van der Waals surface area contributed by atoms with Crippen molar-refractivity contribution >= 4 is 28.4 Å². The van der Waals surface area contributed by atoms with E-state index in [1.807, 2.05) is 29.0 Å². The number of aromatic nitrogens is 1. The van der Waals surface area contributed by atoms with Crippen LogP contribution in [0.1, 0.15) is 19.3 Å². The summed E-state index contributed by atoms with van der Waals surface area (Å²) < 4.78 is 12.9. The molecule has 0 spiro atoms. The molecule has 7 heteroatoms. The first-order valence-electron chi connectivity index (χ1n) is 9.37. The van der Waals surface area contributed by atoms with Crippen molar-refractivity contribution in [3.8, 4) is 17.0 Å². The average Bonchev–Trinajstić information content (AvgIpc) is 3.37. The fourth-order valence-corrected chi connectivity index (χ4v) is 4.90. The third-order valence-electron chi connectivity index (χ3n) is 5.14. The zero-order valence-corrected chi connectivity index (χ0v) is 17.5. The van der Waals surface area contributed by atoms with Crippen LogP contribution < -0.4 is 9.54 Å². The summed E-state index contributed by atoms with van der Waals surface area (Å²) in [6, 6.07) is 10.1. The number of hydrogen-bond acceptors (Lipinski definition) is 6. The lowest BCUT2D eigenvalue weighted by molar-refractivity contribution is -0.0699. The van der Waals surface area contributed by atoms with E-state index in [9.17, 15) is 5.11 Å². The third kappa shape index (κ3) is 4.38. The van der Waals surface area contributed by atoms with Crippen molar-refractivity contribution in [1.29, 1.82) is 0 Å². The molecule has 1 fully saturated rings. The first-order valence-corrected chi connectivity index (χ1v) is 11.2. The Balaban J connectivity index is 1.68. The molecule has 0 atom stereocenters. The summed E-state index contributed by atoms with van der Waals surface area (Å²) in [4.78, 5) is 5.77. The van der Waals surface area contributed by atoms with Crippen LogP contribution in [0.4, 0.5) is 5.69 Å². The molecule has 0 amide bonds. The smallest absolute Gasteiger partial charge is 0.190 e. The van der Waals surface area contributed by atoms with Crippen LogP contribution in [0.15, 0.2) is 51.5 Å². The minimum Gasteiger partial charge on any atom is -0.497 e. The molecule has 1 aliphatic heterocycles. The van der Waals surface area contributed by atoms with Crippen LogP contribution in [0.25, 0.3) is 11.3 Å². The Hall–Kier alpha value is -1.93. The van der Waals surface area contributed by atoms with E-state index in [1.165, 1.54) is 0 Å². The zero-order valence-electron chi connectivity index (χ0n) is 15.8. The maximum atomic E-state index is 10.9. The number of benzene rings is 1. The average molecular weight is 417 g/mol. The van der Waals surface area contributed by atoms with E-state index < -0.39 is 5.60 Å². The highest BCUT2D eigenvalue weighted by molar-refractivity contribution is 7.08. The van der Waals surface area contributed by atoms with Crippen LogP contribution in [0, 0.1) is 0 Å². The van der Waals surface area contributed by atoms with Crippen LogP contribution >= 0.6 is 22.7 Å². The van der Waals surface area contributed by atoms with Crippen LogP contribution in [0.5, 0.6) is 5.75 Å². The van der Waals surface area contributed by atoms with Crippen molar-refractivity contribution in [1.82, 2.24) is 4.57 Å². The molecular formula is C21H24N2O3S2. The van der Waals surface area contributed by atoms with Crippen molar-refractivity contribution in [2.75, 3.05) is 20.3 Å². The molecule has 1 aliphatic rings. The first kappa shape index (κ1) is 19.4. The summed E-state index contributed by atoms with van der Waals surface area (Å²) >= 11 is 3.27. The van der Waals surface area contributed by atoms with Crippen LogP contribution in [-0.4, -0.2) is 35.6 Å². The van der Waals surface area contributed by atoms with Gasteiger partial charge in [-0.3, -0.25) is 0 Å². The Kier molecular flexibility index (Phi) is 5.96. The molecule has 148 valence electrons. The Morgan fingerprint density at radius 3 is 2.64 bits per heavy atom. The minimum atomic E-state index is -0.663. The number of aliphatic hydroxyl groups is 1. The number of rotatable bonds is 6. The first-order chi connectivity index (χ1) is 13.7. The van der Waals surface area contributed by atoms with E-state index in [1.54, 1.807) is 29.8 Å². The molecule has 3 heterocycles. The van der Waals surface area contributed by atoms with E-state index in [4.69, 9.17) is 14.5 Å². The summed E-state index contributed by atoms with van der Waals surface area (Å²) in [5.74, 6) is 0.838. The number of methoxy groups -OCH3 is 1. The fourth-order valence-electron chi connectivity index (χ4n) is 3.38. The van der Waals surface area contributed by atoms with Gasteiger partial charge in [0.1, 0.15) is 5.75 Å². The van der Waals surface area contributed by atoms with Gasteiger partial charge in [-0.25, -0.2) is 4.99 Å². The van der Waals surface area contributed by atoms with Crippen molar-refractivity contribution in [2.45, 2.75) is 31.4 Å². The predicted molar refractivity (Wildman–Crippen MR) is 113 cm³/mol. The SMILES string of the molecule is COc1ccc(-c2csc(=Nc3ccsc3)n2CCC2(O)CCOCC2)cc1. The number of nitrogens with zero attached hydrogens (tertiary/aromatic N) is 2. The molecule has 1 aromatic carbocycles. The Morgan fingerprint density at radius 2 is 1.96 bits per heavy atom. The van der Waals surface area contributed by atoms with Crippen molar-refractivity contribution < 1.29 is 14.6 Å². The number of ether oxygens (including phenoxy) is 2. The van der Waals surface area contributed by atoms with Gasteiger partial charge in [-0.05, 0) is 60.5 Å². The molecule has 0 bridgehead atoms. The summed E-state index contributed by atoms with van der Waals surface area (Å²) in [6.07, 6.45) is 2.06. The van der Waals surface area contributed by atoms with E-state index in [0.29, 0.717) is 39.0 Å². The van der Waals surface area contributed by atoms with Crippen LogP contribution in [-0.2, 0) is 11.3 Å². The molecular weight excluding hydrogens is 392 g/mol. The van der Waals surface area contributed by atoms with Gasteiger partial charge in [0.2, 0.25) is 0 Å². The minimum absolute atomic E-state index is 0.627. The molecule has 28 heavy (non-hydrogen) atoms. The van der Waals surface area contributed by atoms with Gasteiger partial charge in [-0.15, -0.1) is 11.3 Å². The molecule has 5 nitrogen and oxygen atoms in total. The van der Waals surface area contributed by atoms with E-state index in [2.05, 4.69) is 22.1 Å². The standard InChI is InChI=1S/C21H24N2O3S2/c1-25-18-4-2-16(3-5-18)19-15-28-20(22-17-6-13-27-14-17)23(19)10-7-21(24)8-11-26-12-9-21/h2-6,13-15,24H,7-12H2,1H3. The normalized spacial score (nSPS) is 17.0. The summed E-state index contributed by atoms with van der Waals surface area (Å²) in [7, 11) is 1.67. The molecule has 3 aromatic rings. The van der Waals surface area contributed by atoms with Crippen molar-refractivity contribution in [3.05, 3.63) is 51.3 Å². The van der Waals surface area contributed by atoms with Gasteiger partial charge in [-0.2, -0.15) is 11.3 Å². The molecule has 2 aromatic heterocycles. The van der Waals surface area contributed by atoms with Crippen LogP contribution in [0.2, 0.25) is 0 Å². The molecule has 1 saturated heterocycles. The molecule has 0 aliphatic carbocycles. The Bertz CT molecular complexity index is 952. The lowest BCUT2D eigenvalue weighted by atomic mass is 9.91. The molecule has 0 radical (unpaired) electrons. The molecule has 1 N–H and O–H groups in total. The van der Waals surface area contributed by atoms with Gasteiger partial charge in [0.15, 0.2) is 4.80 Å². The molecule has 4 rings (SSSR count). The third-order valence-corrected chi connectivity index (χ3v) is 6.67. The van der Waals surface area contributed by atoms with Gasteiger partial charge in [-0.1, -0.05) is 0 Å². The second kappa shape index (κ2) is 8.61. The summed E-state index contributed by atoms with van der Waals surface area (Å²) in [5, 5.41) is 17.1. The maximum absolute atomic E-state index is 10.9. The van der Waals surface area contributed by atoms with Gasteiger partial charge >= 0.3 is 0 Å². The zero-order chi connectivity index (χ0) is 19.4. The van der Waals surface area contributed by atoms with Gasteiger partial charge in [0.05, 0.1) is 24.1 Å². The predicted octanol–water partition coefficient (Wildman–Crippen LogP) is 4.45. The molecule has 0 saturated carbocycles. The van der Waals surface area contributed by atoms with Gasteiger partial charge in [0.25, 0.3) is 0 Å². The highest BCUT2D eigenvalue weighted by Gasteiger charge is 2.29. The molecule has 0 unspecified atom stereocenters. The number of hydrogen-bond donors (Lipinski definition) is 1. The van der Waals surface area contributed by atoms with Crippen molar-refractivity contribution in [3.63, 3.8) is 0 Å². The summed E-state index contributed by atoms with van der Waals surface area (Å²) in [6.45, 7) is 1.97. The quantitative estimate of drug-likeness (QED) is 0.646. The van der Waals surface area contributed by atoms with E-state index in [0.717, 1.165) is 27.5 Å². The van der Waals surface area contributed by atoms with Crippen LogP contribution in [0.3, 0.4) is 0 Å². The number of thiazole rings is 1. The second-order valence-electron chi connectivity index (χ2n) is 6.96. The Morgan fingerprint density at radius 1 is 1.18 bits per heavy atom. The van der Waals surface area contributed by atoms with Gasteiger partial charge < -0.3 is 19.1 Å². The van der Waals surface area contributed by atoms with Crippen molar-refractivity contribution in [2.24, 2.45) is 4.99 Å². The Labute approximate surface area is 172 Å². The lowest BCUT2D eigenvalue weighted by Crippen LogP contribution is -2.37. The largest absolute Gasteiger partial charge is 0.497 e. The number of thiophene rings is 1. The fraction of sp³-hybridized carbons (Fsp3) is 0.381. The van der Waals surface area contributed by atoms with E-state index >= 15 is 0 Å². The second-order valence-corrected chi connectivity index (χ2v) is 8.58. The van der Waals surface area contributed by atoms with Gasteiger partial charge in [0, 0.05) is 30.5 Å². The maximum Gasteiger partial charge on any atom is 0.190 e. The highest BCUT2D eigenvalue weighted by atomic mass is 32.1. The summed E-state index contributed by atoms with van der Waals surface area (Å²) in [5.41, 5.74) is 2.52. The topological polar surface area (TPSA) is 56.0 Å². The highest BCUT2D eigenvalue weighted by Crippen LogP contribution is 2.28. The monoisotopic (exact) mass is 416 g/mol. The van der Waals surface area contributed by atoms with E-state index in [-0.39, 0.29) is 0 Å². The lowest BCUT2D eigenvalue weighted by Gasteiger charge is -2.32.